The molecule has 0 aliphatic rings. The fourth-order valence-corrected chi connectivity index (χ4v) is 3.31. The molecule has 0 unspecified atom stereocenters. The van der Waals surface area contributed by atoms with Gasteiger partial charge >= 0.3 is 10.1 Å². The molecule has 21 heavy (non-hydrogen) atoms. The van der Waals surface area contributed by atoms with Crippen LogP contribution in [0.2, 0.25) is 0 Å². The van der Waals surface area contributed by atoms with Gasteiger partial charge in [-0.15, -0.1) is 0 Å². The molecule has 0 aliphatic heterocycles. The van der Waals surface area contributed by atoms with Crippen LogP contribution in [0, 0.1) is 17.4 Å². The SMILES string of the molecule is Cc1cc(OS(C)(=O)=O)cc(C)c1Cc1ccccc1I. The number of hydrogen-bond acceptors (Lipinski definition) is 3. The lowest BCUT2D eigenvalue weighted by Crippen LogP contribution is -2.07. The molecule has 2 aromatic carbocycles. The average Bonchev–Trinajstić information content (AvgIpc) is 2.33. The van der Waals surface area contributed by atoms with Crippen molar-refractivity contribution in [3.63, 3.8) is 0 Å². The van der Waals surface area contributed by atoms with E-state index in [4.69, 9.17) is 4.18 Å². The van der Waals surface area contributed by atoms with Crippen molar-refractivity contribution >= 4 is 32.7 Å². The van der Waals surface area contributed by atoms with Gasteiger partial charge in [-0.2, -0.15) is 8.42 Å². The van der Waals surface area contributed by atoms with Crippen molar-refractivity contribution in [2.75, 3.05) is 6.26 Å². The van der Waals surface area contributed by atoms with Crippen LogP contribution in [0.25, 0.3) is 0 Å². The van der Waals surface area contributed by atoms with Crippen LogP contribution in [0.1, 0.15) is 22.3 Å². The van der Waals surface area contributed by atoms with Crippen LogP contribution < -0.4 is 4.18 Å². The van der Waals surface area contributed by atoms with Gasteiger partial charge in [0.2, 0.25) is 0 Å². The molecule has 112 valence electrons. The summed E-state index contributed by atoms with van der Waals surface area (Å²) in [5.41, 5.74) is 4.54. The third-order valence-corrected chi connectivity index (χ3v) is 4.79. The molecule has 5 heteroatoms. The number of aryl methyl sites for hydroxylation is 2. The highest BCUT2D eigenvalue weighted by atomic mass is 127. The molecule has 0 amide bonds. The molecule has 0 saturated carbocycles. The van der Waals surface area contributed by atoms with Crippen LogP contribution >= 0.6 is 22.6 Å². The summed E-state index contributed by atoms with van der Waals surface area (Å²) in [5.74, 6) is 0.374. The van der Waals surface area contributed by atoms with Crippen LogP contribution in [-0.2, 0) is 16.5 Å². The first-order chi connectivity index (χ1) is 9.76. The first-order valence-corrected chi connectivity index (χ1v) is 9.39. The van der Waals surface area contributed by atoms with Gasteiger partial charge in [-0.1, -0.05) is 18.2 Å². The largest absolute Gasteiger partial charge is 0.383 e. The predicted molar refractivity (Wildman–Crippen MR) is 93.4 cm³/mol. The molecule has 3 nitrogen and oxygen atoms in total. The Morgan fingerprint density at radius 1 is 1.10 bits per heavy atom. The maximum atomic E-state index is 11.2. The van der Waals surface area contributed by atoms with E-state index in [-0.39, 0.29) is 0 Å². The third kappa shape index (κ3) is 4.44. The zero-order valence-electron chi connectivity index (χ0n) is 12.2. The normalized spacial score (nSPS) is 11.4. The van der Waals surface area contributed by atoms with E-state index in [1.54, 1.807) is 12.1 Å². The summed E-state index contributed by atoms with van der Waals surface area (Å²) in [6, 6.07) is 11.8. The molecule has 2 rings (SSSR count). The van der Waals surface area contributed by atoms with Gasteiger partial charge in [0.15, 0.2) is 0 Å². The summed E-state index contributed by atoms with van der Waals surface area (Å²) in [4.78, 5) is 0. The van der Waals surface area contributed by atoms with E-state index >= 15 is 0 Å². The highest BCUT2D eigenvalue weighted by Gasteiger charge is 2.11. The van der Waals surface area contributed by atoms with Crippen LogP contribution in [0.5, 0.6) is 5.75 Å². The molecule has 0 N–H and O–H groups in total. The van der Waals surface area contributed by atoms with Crippen LogP contribution in [0.15, 0.2) is 36.4 Å². The molecule has 0 saturated heterocycles. The first-order valence-electron chi connectivity index (χ1n) is 6.49. The van der Waals surface area contributed by atoms with E-state index in [1.807, 2.05) is 26.0 Å². The Kier molecular flexibility index (Phi) is 4.93. The minimum atomic E-state index is -3.49. The second kappa shape index (κ2) is 6.36. The summed E-state index contributed by atoms with van der Waals surface area (Å²) >= 11 is 2.33. The molecule has 0 heterocycles. The Morgan fingerprint density at radius 2 is 1.67 bits per heavy atom. The number of halogens is 1. The van der Waals surface area contributed by atoms with Crippen molar-refractivity contribution in [2.45, 2.75) is 20.3 Å². The smallest absolute Gasteiger partial charge is 0.306 e. The Balaban J connectivity index is 2.36. The molecule has 2 aromatic rings. The van der Waals surface area contributed by atoms with Crippen molar-refractivity contribution in [2.24, 2.45) is 0 Å². The van der Waals surface area contributed by atoms with Crippen molar-refractivity contribution in [3.05, 3.63) is 62.2 Å². The van der Waals surface area contributed by atoms with Crippen molar-refractivity contribution in [1.29, 1.82) is 0 Å². The summed E-state index contributed by atoms with van der Waals surface area (Å²) in [6.45, 7) is 3.96. The summed E-state index contributed by atoms with van der Waals surface area (Å²) in [7, 11) is -3.49. The third-order valence-electron chi connectivity index (χ3n) is 3.24. The highest BCUT2D eigenvalue weighted by molar-refractivity contribution is 14.1. The van der Waals surface area contributed by atoms with Gasteiger partial charge in [0, 0.05) is 3.57 Å². The second-order valence-corrected chi connectivity index (χ2v) is 7.83. The highest BCUT2D eigenvalue weighted by Crippen LogP contribution is 2.26. The van der Waals surface area contributed by atoms with Crippen molar-refractivity contribution in [3.8, 4) is 5.75 Å². The molecule has 0 bridgehead atoms. The monoisotopic (exact) mass is 416 g/mol. The Labute approximate surface area is 139 Å². The Bertz CT molecular complexity index is 744. The van der Waals surface area contributed by atoms with Gasteiger partial charge < -0.3 is 4.18 Å². The van der Waals surface area contributed by atoms with Gasteiger partial charge in [-0.3, -0.25) is 0 Å². The molecule has 0 spiro atoms. The summed E-state index contributed by atoms with van der Waals surface area (Å²) in [5, 5.41) is 0. The summed E-state index contributed by atoms with van der Waals surface area (Å²) in [6.07, 6.45) is 1.88. The van der Waals surface area contributed by atoms with E-state index in [0.717, 1.165) is 23.8 Å². The maximum absolute atomic E-state index is 11.2. The van der Waals surface area contributed by atoms with Crippen molar-refractivity contribution in [1.82, 2.24) is 0 Å². The quantitative estimate of drug-likeness (QED) is 0.562. The lowest BCUT2D eigenvalue weighted by Gasteiger charge is -2.13. The van der Waals surface area contributed by atoms with E-state index < -0.39 is 10.1 Å². The van der Waals surface area contributed by atoms with Gasteiger partial charge in [0.25, 0.3) is 0 Å². The van der Waals surface area contributed by atoms with Crippen molar-refractivity contribution < 1.29 is 12.6 Å². The number of benzene rings is 2. The van der Waals surface area contributed by atoms with Gasteiger partial charge in [0.1, 0.15) is 5.75 Å². The van der Waals surface area contributed by atoms with E-state index in [1.165, 1.54) is 14.7 Å². The van der Waals surface area contributed by atoms with Gasteiger partial charge in [0.05, 0.1) is 6.26 Å². The lowest BCUT2D eigenvalue weighted by molar-refractivity contribution is 0.492. The second-order valence-electron chi connectivity index (χ2n) is 5.09. The minimum absolute atomic E-state index is 0.374. The average molecular weight is 416 g/mol. The predicted octanol–water partition coefficient (Wildman–Crippen LogP) is 3.84. The zero-order valence-corrected chi connectivity index (χ0v) is 15.2. The molecule has 0 aromatic heterocycles. The van der Waals surface area contributed by atoms with E-state index in [0.29, 0.717) is 5.75 Å². The lowest BCUT2D eigenvalue weighted by atomic mass is 9.96. The van der Waals surface area contributed by atoms with Gasteiger partial charge in [-0.25, -0.2) is 0 Å². The topological polar surface area (TPSA) is 43.4 Å². The first kappa shape index (κ1) is 16.3. The number of hydrogen-bond donors (Lipinski definition) is 0. The van der Waals surface area contributed by atoms with Crippen LogP contribution in [0.3, 0.4) is 0 Å². The standard InChI is InChI=1S/C16H17IO3S/c1-11-8-14(20-21(3,18)19)9-12(2)15(11)10-13-6-4-5-7-16(13)17/h4-9H,10H2,1-3H3. The van der Waals surface area contributed by atoms with Crippen LogP contribution in [0.4, 0.5) is 0 Å². The van der Waals surface area contributed by atoms with Gasteiger partial charge in [-0.05, 0) is 83.3 Å². The molecule has 0 aliphatic carbocycles. The molecular formula is C16H17IO3S. The molecule has 0 fully saturated rings. The van der Waals surface area contributed by atoms with E-state index in [9.17, 15) is 8.42 Å². The Morgan fingerprint density at radius 3 is 2.19 bits per heavy atom. The minimum Gasteiger partial charge on any atom is -0.383 e. The fourth-order valence-electron chi connectivity index (χ4n) is 2.29. The van der Waals surface area contributed by atoms with E-state index in [2.05, 4.69) is 34.7 Å². The molecule has 0 atom stereocenters. The maximum Gasteiger partial charge on any atom is 0.306 e. The molecule has 0 radical (unpaired) electrons. The number of rotatable bonds is 4. The Hall–Kier alpha value is -1.08. The summed E-state index contributed by atoms with van der Waals surface area (Å²) < 4.78 is 28.6. The molecular weight excluding hydrogens is 399 g/mol. The fraction of sp³-hybridized carbons (Fsp3) is 0.250. The van der Waals surface area contributed by atoms with Crippen LogP contribution in [-0.4, -0.2) is 14.7 Å². The zero-order chi connectivity index (χ0) is 15.6.